The quantitative estimate of drug-likeness (QED) is 0.550. The molecule has 7 heteroatoms. The summed E-state index contributed by atoms with van der Waals surface area (Å²) in [7, 11) is 0. The Bertz CT molecular complexity index is 987. The summed E-state index contributed by atoms with van der Waals surface area (Å²) < 4.78 is 1.60. The van der Waals surface area contributed by atoms with Gasteiger partial charge in [0.15, 0.2) is 0 Å². The van der Waals surface area contributed by atoms with Crippen LogP contribution < -0.4 is 5.32 Å². The van der Waals surface area contributed by atoms with Gasteiger partial charge in [0.2, 0.25) is 11.1 Å². The monoisotopic (exact) mass is 361 g/mol. The van der Waals surface area contributed by atoms with Crippen LogP contribution in [0.4, 0.5) is 5.69 Å². The summed E-state index contributed by atoms with van der Waals surface area (Å²) in [4.78, 5) is 21.5. The fourth-order valence-corrected chi connectivity index (χ4v) is 3.44. The number of nitrogens with one attached hydrogen (secondary N) is 1. The van der Waals surface area contributed by atoms with Crippen LogP contribution >= 0.6 is 11.8 Å². The molecular formula is C19H15N5OS. The van der Waals surface area contributed by atoms with Gasteiger partial charge in [-0.3, -0.25) is 4.79 Å². The second-order valence-electron chi connectivity index (χ2n) is 5.52. The summed E-state index contributed by atoms with van der Waals surface area (Å²) >= 11 is 1.30. The van der Waals surface area contributed by atoms with Gasteiger partial charge in [0.05, 0.1) is 0 Å². The highest BCUT2D eigenvalue weighted by atomic mass is 32.2. The number of benzene rings is 2. The first-order chi connectivity index (χ1) is 12.8. The number of hydrogen-bond acceptors (Lipinski definition) is 5. The molecule has 0 aliphatic rings. The number of thioether (sulfide) groups is 1. The number of amides is 1. The molecule has 1 atom stereocenters. The first kappa shape index (κ1) is 16.3. The Morgan fingerprint density at radius 2 is 1.73 bits per heavy atom. The third kappa shape index (κ3) is 3.57. The van der Waals surface area contributed by atoms with Crippen LogP contribution in [0.3, 0.4) is 0 Å². The van der Waals surface area contributed by atoms with Crippen molar-refractivity contribution in [3.63, 3.8) is 0 Å². The molecule has 1 N–H and O–H groups in total. The van der Waals surface area contributed by atoms with E-state index in [2.05, 4.69) is 20.4 Å². The Morgan fingerprint density at radius 3 is 2.46 bits per heavy atom. The molecular weight excluding hydrogens is 346 g/mol. The molecule has 2 heterocycles. The van der Waals surface area contributed by atoms with E-state index in [0.29, 0.717) is 10.9 Å². The van der Waals surface area contributed by atoms with Crippen molar-refractivity contribution in [1.29, 1.82) is 0 Å². The number of aromatic nitrogens is 4. The van der Waals surface area contributed by atoms with E-state index in [1.165, 1.54) is 11.8 Å². The van der Waals surface area contributed by atoms with E-state index in [1.54, 1.807) is 23.0 Å². The van der Waals surface area contributed by atoms with E-state index in [1.807, 2.05) is 60.7 Å². The minimum absolute atomic E-state index is 0.126. The minimum Gasteiger partial charge on any atom is -0.325 e. The second kappa shape index (κ2) is 7.37. The molecule has 4 aromatic rings. The highest BCUT2D eigenvalue weighted by Crippen LogP contribution is 2.34. The van der Waals surface area contributed by atoms with Crippen molar-refractivity contribution in [1.82, 2.24) is 19.6 Å². The Labute approximate surface area is 154 Å². The fraction of sp³-hybridized carbons (Fsp3) is 0.0526. The van der Waals surface area contributed by atoms with Crippen molar-refractivity contribution >= 4 is 29.1 Å². The molecule has 128 valence electrons. The Morgan fingerprint density at radius 1 is 1.00 bits per heavy atom. The molecule has 0 saturated heterocycles. The van der Waals surface area contributed by atoms with Crippen LogP contribution in [0.2, 0.25) is 0 Å². The third-order valence-corrected chi connectivity index (χ3v) is 4.81. The van der Waals surface area contributed by atoms with Crippen LogP contribution in [0, 0.1) is 0 Å². The van der Waals surface area contributed by atoms with Crippen LogP contribution in [0.5, 0.6) is 0 Å². The molecule has 2 aromatic heterocycles. The number of fused-ring (bicyclic) bond motifs is 1. The summed E-state index contributed by atoms with van der Waals surface area (Å²) in [6.45, 7) is 0. The van der Waals surface area contributed by atoms with Crippen molar-refractivity contribution in [2.45, 2.75) is 10.4 Å². The molecule has 1 unspecified atom stereocenters. The molecule has 0 saturated carbocycles. The molecule has 0 radical (unpaired) electrons. The molecule has 1 amide bonds. The van der Waals surface area contributed by atoms with Crippen molar-refractivity contribution in [3.8, 4) is 0 Å². The summed E-state index contributed by atoms with van der Waals surface area (Å²) in [6.07, 6.45) is 3.44. The summed E-state index contributed by atoms with van der Waals surface area (Å²) in [5.41, 5.74) is 1.64. The van der Waals surface area contributed by atoms with Crippen LogP contribution in [0.1, 0.15) is 10.8 Å². The highest BCUT2D eigenvalue weighted by Gasteiger charge is 2.24. The predicted octanol–water partition coefficient (Wildman–Crippen LogP) is 3.60. The third-order valence-electron chi connectivity index (χ3n) is 3.70. The van der Waals surface area contributed by atoms with E-state index in [-0.39, 0.29) is 5.91 Å². The molecule has 0 fully saturated rings. The number of carbonyl (C=O) groups excluding carboxylic acids is 1. The first-order valence-electron chi connectivity index (χ1n) is 8.04. The van der Waals surface area contributed by atoms with Crippen molar-refractivity contribution < 1.29 is 4.79 Å². The van der Waals surface area contributed by atoms with E-state index in [0.717, 1.165) is 11.3 Å². The topological polar surface area (TPSA) is 72.2 Å². The second-order valence-corrected chi connectivity index (χ2v) is 6.59. The smallest absolute Gasteiger partial charge is 0.253 e. The zero-order valence-electron chi connectivity index (χ0n) is 13.7. The number of hydrogen-bond donors (Lipinski definition) is 1. The summed E-state index contributed by atoms with van der Waals surface area (Å²) in [5, 5.41) is 7.37. The van der Waals surface area contributed by atoms with Gasteiger partial charge in [-0.15, -0.1) is 5.10 Å². The van der Waals surface area contributed by atoms with Crippen molar-refractivity contribution in [2.24, 2.45) is 0 Å². The fourth-order valence-electron chi connectivity index (χ4n) is 2.50. The Hall–Kier alpha value is -3.19. The average Bonchev–Trinajstić information content (AvgIpc) is 3.10. The maximum absolute atomic E-state index is 12.9. The van der Waals surface area contributed by atoms with E-state index < -0.39 is 5.25 Å². The molecule has 4 rings (SSSR count). The zero-order valence-corrected chi connectivity index (χ0v) is 14.5. The summed E-state index contributed by atoms with van der Waals surface area (Å²) in [5.74, 6) is 0.379. The van der Waals surface area contributed by atoms with Crippen molar-refractivity contribution in [2.75, 3.05) is 5.32 Å². The lowest BCUT2D eigenvalue weighted by Crippen LogP contribution is -2.19. The van der Waals surface area contributed by atoms with Crippen LogP contribution in [-0.4, -0.2) is 25.5 Å². The molecule has 6 nitrogen and oxygen atoms in total. The number of anilines is 1. The Balaban J connectivity index is 1.63. The van der Waals surface area contributed by atoms with Crippen molar-refractivity contribution in [3.05, 3.63) is 84.7 Å². The van der Waals surface area contributed by atoms with Gasteiger partial charge in [-0.2, -0.15) is 4.98 Å². The van der Waals surface area contributed by atoms with Gasteiger partial charge in [-0.1, -0.05) is 60.3 Å². The SMILES string of the molecule is O=C(Nc1ccccc1)C(Sc1nc2ncccn2n1)c1ccccc1. The molecule has 26 heavy (non-hydrogen) atoms. The van der Waals surface area contributed by atoms with Gasteiger partial charge in [0, 0.05) is 18.1 Å². The normalized spacial score (nSPS) is 12.0. The zero-order chi connectivity index (χ0) is 17.8. The maximum atomic E-state index is 12.9. The standard InChI is InChI=1S/C19H15N5OS/c25-17(21-15-10-5-2-6-11-15)16(14-8-3-1-4-9-14)26-19-22-18-20-12-7-13-24(18)23-19/h1-13,16H,(H,21,25). The van der Waals surface area contributed by atoms with Crippen LogP contribution in [0.15, 0.2) is 84.3 Å². The number of carbonyl (C=O) groups is 1. The maximum Gasteiger partial charge on any atom is 0.253 e. The summed E-state index contributed by atoms with van der Waals surface area (Å²) in [6, 6.07) is 20.8. The molecule has 2 aromatic carbocycles. The lowest BCUT2D eigenvalue weighted by Gasteiger charge is -2.15. The van der Waals surface area contributed by atoms with E-state index in [4.69, 9.17) is 0 Å². The number of para-hydroxylation sites is 1. The van der Waals surface area contributed by atoms with Gasteiger partial charge in [-0.05, 0) is 23.8 Å². The molecule has 0 spiro atoms. The van der Waals surface area contributed by atoms with Gasteiger partial charge < -0.3 is 5.32 Å². The Kier molecular flexibility index (Phi) is 4.61. The van der Waals surface area contributed by atoms with Gasteiger partial charge in [0.1, 0.15) is 5.25 Å². The lowest BCUT2D eigenvalue weighted by molar-refractivity contribution is -0.115. The lowest BCUT2D eigenvalue weighted by atomic mass is 10.1. The minimum atomic E-state index is -0.478. The van der Waals surface area contributed by atoms with Gasteiger partial charge in [0.25, 0.3) is 5.78 Å². The highest BCUT2D eigenvalue weighted by molar-refractivity contribution is 8.00. The number of nitrogens with zero attached hydrogens (tertiary/aromatic N) is 4. The first-order valence-corrected chi connectivity index (χ1v) is 8.92. The largest absolute Gasteiger partial charge is 0.325 e. The molecule has 0 aliphatic heterocycles. The van der Waals surface area contributed by atoms with E-state index >= 15 is 0 Å². The van der Waals surface area contributed by atoms with Gasteiger partial charge >= 0.3 is 0 Å². The predicted molar refractivity (Wildman–Crippen MR) is 101 cm³/mol. The molecule has 0 aliphatic carbocycles. The number of rotatable bonds is 5. The average molecular weight is 361 g/mol. The van der Waals surface area contributed by atoms with Gasteiger partial charge in [-0.25, -0.2) is 9.50 Å². The van der Waals surface area contributed by atoms with E-state index in [9.17, 15) is 4.79 Å². The van der Waals surface area contributed by atoms with Crippen LogP contribution in [0.25, 0.3) is 5.78 Å². The van der Waals surface area contributed by atoms with Crippen LogP contribution in [-0.2, 0) is 4.79 Å². The molecule has 0 bridgehead atoms.